The van der Waals surface area contributed by atoms with Gasteiger partial charge in [0, 0.05) is 0 Å². The predicted molar refractivity (Wildman–Crippen MR) is 66.1 cm³/mol. The number of halogens is 1. The molecule has 0 aliphatic carbocycles. The number of aryl methyl sites for hydroxylation is 2. The smallest absolute Gasteiger partial charge is 0.185 e. The Kier molecular flexibility index (Phi) is 3.86. The molecule has 0 aromatic heterocycles. The molecule has 0 spiro atoms. The van der Waals surface area contributed by atoms with Gasteiger partial charge in [-0.25, -0.2) is 0 Å². The third-order valence-electron chi connectivity index (χ3n) is 2.15. The monoisotopic (exact) mass is 307 g/mol. The molecule has 0 saturated carbocycles. The van der Waals surface area contributed by atoms with Crippen LogP contribution in [0.4, 0.5) is 5.69 Å². The first-order chi connectivity index (χ1) is 6.61. The summed E-state index contributed by atoms with van der Waals surface area (Å²) in [5.41, 5.74) is 8.23. The summed E-state index contributed by atoms with van der Waals surface area (Å²) in [7, 11) is 0. The maximum absolute atomic E-state index is 9.72. The molecule has 0 radical (unpaired) electrons. The molecule has 0 heterocycles. The predicted octanol–water partition coefficient (Wildman–Crippen LogP) is 2.62. The van der Waals surface area contributed by atoms with Crippen molar-refractivity contribution in [1.29, 1.82) is 0 Å². The summed E-state index contributed by atoms with van der Waals surface area (Å²) in [6.45, 7) is 3.87. The number of alkyl halides is 1. The van der Waals surface area contributed by atoms with Crippen LogP contribution in [-0.2, 0) is 6.42 Å². The fraction of sp³-hybridized carbons (Fsp3) is 0.400. The number of aromatic hydroxyl groups is 1. The quantitative estimate of drug-likeness (QED) is 0.513. The number of hydrogen-bond acceptors (Lipinski definition) is 3. The molecule has 1 aromatic carbocycles. The zero-order valence-corrected chi connectivity index (χ0v) is 10.5. The Morgan fingerprint density at radius 2 is 2.21 bits per heavy atom. The van der Waals surface area contributed by atoms with E-state index in [1.165, 1.54) is 0 Å². The lowest BCUT2D eigenvalue weighted by Crippen LogP contribution is -2.00. The largest absolute Gasteiger partial charge is 0.504 e. The van der Waals surface area contributed by atoms with Crippen molar-refractivity contribution in [1.82, 2.24) is 0 Å². The van der Waals surface area contributed by atoms with E-state index in [1.54, 1.807) is 0 Å². The van der Waals surface area contributed by atoms with E-state index in [-0.39, 0.29) is 5.75 Å². The SMILES string of the molecule is CCc1cc(C)c(O)c(OCI)c1N. The highest BCUT2D eigenvalue weighted by molar-refractivity contribution is 14.1. The van der Waals surface area contributed by atoms with E-state index >= 15 is 0 Å². The zero-order chi connectivity index (χ0) is 10.7. The minimum Gasteiger partial charge on any atom is -0.504 e. The number of hydrogen-bond donors (Lipinski definition) is 2. The molecule has 1 rings (SSSR count). The molecule has 0 atom stereocenters. The molecule has 0 bridgehead atoms. The van der Waals surface area contributed by atoms with E-state index in [0.717, 1.165) is 17.5 Å². The van der Waals surface area contributed by atoms with Gasteiger partial charge in [0.05, 0.1) is 5.69 Å². The van der Waals surface area contributed by atoms with Crippen LogP contribution in [0, 0.1) is 6.92 Å². The summed E-state index contributed by atoms with van der Waals surface area (Å²) >= 11 is 2.07. The molecule has 3 N–H and O–H groups in total. The van der Waals surface area contributed by atoms with Gasteiger partial charge in [-0.3, -0.25) is 0 Å². The van der Waals surface area contributed by atoms with Crippen LogP contribution >= 0.6 is 22.6 Å². The van der Waals surface area contributed by atoms with Crippen LogP contribution in [0.25, 0.3) is 0 Å². The Morgan fingerprint density at radius 3 is 2.71 bits per heavy atom. The number of nitrogens with two attached hydrogens (primary N) is 1. The molecule has 0 amide bonds. The van der Waals surface area contributed by atoms with E-state index in [9.17, 15) is 5.11 Å². The van der Waals surface area contributed by atoms with Gasteiger partial charge < -0.3 is 15.6 Å². The summed E-state index contributed by atoms with van der Waals surface area (Å²) in [4.78, 5) is 0. The number of nitrogen functional groups attached to an aromatic ring is 1. The van der Waals surface area contributed by atoms with Gasteiger partial charge in [0.15, 0.2) is 11.5 Å². The molecule has 0 unspecified atom stereocenters. The standard InChI is InChI=1S/C10H14INO2/c1-3-7-4-6(2)9(13)10(8(7)12)14-5-11/h4,13H,3,5,12H2,1-2H3. The molecule has 1 aromatic rings. The van der Waals surface area contributed by atoms with Crippen molar-refractivity contribution in [2.45, 2.75) is 20.3 Å². The van der Waals surface area contributed by atoms with Crippen LogP contribution < -0.4 is 10.5 Å². The summed E-state index contributed by atoms with van der Waals surface area (Å²) < 4.78 is 5.78. The van der Waals surface area contributed by atoms with Gasteiger partial charge in [0.25, 0.3) is 0 Å². The normalized spacial score (nSPS) is 10.2. The van der Waals surface area contributed by atoms with Crippen LogP contribution in [0.3, 0.4) is 0 Å². The Morgan fingerprint density at radius 1 is 1.57 bits per heavy atom. The fourth-order valence-electron chi connectivity index (χ4n) is 1.35. The Bertz CT molecular complexity index is 339. The fourth-order valence-corrected chi connectivity index (χ4v) is 1.66. The molecule has 0 aliphatic rings. The van der Waals surface area contributed by atoms with Crippen molar-refractivity contribution in [2.75, 3.05) is 10.3 Å². The van der Waals surface area contributed by atoms with Crippen molar-refractivity contribution in [3.05, 3.63) is 17.2 Å². The average molecular weight is 307 g/mol. The summed E-state index contributed by atoms with van der Waals surface area (Å²) in [5.74, 6) is 0.563. The molecule has 0 fully saturated rings. The molecular weight excluding hydrogens is 293 g/mol. The Balaban J connectivity index is 3.29. The van der Waals surface area contributed by atoms with Crippen LogP contribution in [0.2, 0.25) is 0 Å². The van der Waals surface area contributed by atoms with Crippen LogP contribution in [0.5, 0.6) is 11.5 Å². The van der Waals surface area contributed by atoms with Gasteiger partial charge in [0.2, 0.25) is 0 Å². The van der Waals surface area contributed by atoms with E-state index in [2.05, 4.69) is 22.6 Å². The molecule has 0 saturated heterocycles. The average Bonchev–Trinajstić information content (AvgIpc) is 2.18. The highest BCUT2D eigenvalue weighted by Gasteiger charge is 2.13. The van der Waals surface area contributed by atoms with Crippen molar-refractivity contribution in [3.8, 4) is 11.5 Å². The Hall–Kier alpha value is -0.650. The molecule has 14 heavy (non-hydrogen) atoms. The maximum atomic E-state index is 9.72. The first-order valence-corrected chi connectivity index (χ1v) is 5.94. The van der Waals surface area contributed by atoms with Crippen LogP contribution in [0.15, 0.2) is 6.07 Å². The van der Waals surface area contributed by atoms with Crippen LogP contribution in [0.1, 0.15) is 18.1 Å². The number of rotatable bonds is 3. The topological polar surface area (TPSA) is 55.5 Å². The van der Waals surface area contributed by atoms with E-state index in [0.29, 0.717) is 16.1 Å². The van der Waals surface area contributed by atoms with Gasteiger partial charge in [-0.2, -0.15) is 0 Å². The minimum absolute atomic E-state index is 0.149. The second-order valence-electron chi connectivity index (χ2n) is 3.05. The van der Waals surface area contributed by atoms with Gasteiger partial charge in [0.1, 0.15) is 4.61 Å². The van der Waals surface area contributed by atoms with Gasteiger partial charge in [-0.15, -0.1) is 0 Å². The molecular formula is C10H14INO2. The minimum atomic E-state index is 0.149. The molecule has 3 nitrogen and oxygen atoms in total. The van der Waals surface area contributed by atoms with E-state index in [1.807, 2.05) is 19.9 Å². The number of benzene rings is 1. The van der Waals surface area contributed by atoms with Gasteiger partial charge in [-0.05, 0) is 47.1 Å². The van der Waals surface area contributed by atoms with Crippen molar-refractivity contribution in [2.24, 2.45) is 0 Å². The van der Waals surface area contributed by atoms with Crippen molar-refractivity contribution < 1.29 is 9.84 Å². The second-order valence-corrected chi connectivity index (χ2v) is 3.67. The summed E-state index contributed by atoms with van der Waals surface area (Å²) in [6, 6.07) is 1.89. The molecule has 4 heteroatoms. The number of phenols is 1. The first-order valence-electron chi connectivity index (χ1n) is 4.41. The lowest BCUT2D eigenvalue weighted by molar-refractivity contribution is 0.366. The number of phenolic OH excluding ortho intramolecular Hbond substituents is 1. The highest BCUT2D eigenvalue weighted by Crippen LogP contribution is 2.38. The van der Waals surface area contributed by atoms with E-state index < -0.39 is 0 Å². The highest BCUT2D eigenvalue weighted by atomic mass is 127. The van der Waals surface area contributed by atoms with Crippen molar-refractivity contribution in [3.63, 3.8) is 0 Å². The third-order valence-corrected chi connectivity index (χ3v) is 2.46. The Labute approximate surface area is 97.4 Å². The molecule has 78 valence electrons. The lowest BCUT2D eigenvalue weighted by Gasteiger charge is -2.13. The summed E-state index contributed by atoms with van der Waals surface area (Å²) in [6.07, 6.45) is 0.838. The van der Waals surface area contributed by atoms with Crippen LogP contribution in [-0.4, -0.2) is 9.72 Å². The lowest BCUT2D eigenvalue weighted by atomic mass is 10.1. The third kappa shape index (κ3) is 2.05. The first kappa shape index (κ1) is 11.4. The molecule has 0 aliphatic heterocycles. The van der Waals surface area contributed by atoms with Crippen molar-refractivity contribution >= 4 is 28.3 Å². The second kappa shape index (κ2) is 4.72. The maximum Gasteiger partial charge on any atom is 0.185 e. The van der Waals surface area contributed by atoms with Gasteiger partial charge >= 0.3 is 0 Å². The van der Waals surface area contributed by atoms with E-state index in [4.69, 9.17) is 10.5 Å². The van der Waals surface area contributed by atoms with Gasteiger partial charge in [-0.1, -0.05) is 13.0 Å². The number of anilines is 1. The number of ether oxygens (including phenoxy) is 1. The zero-order valence-electron chi connectivity index (χ0n) is 8.30. The summed E-state index contributed by atoms with van der Waals surface area (Å²) in [5, 5.41) is 9.72.